The number of carbonyl (C=O) groups excluding carboxylic acids is 3. The largest absolute Gasteiger partial charge is 0.503 e. The maximum absolute atomic E-state index is 13.1. The highest BCUT2D eigenvalue weighted by molar-refractivity contribution is 6.39. The summed E-state index contributed by atoms with van der Waals surface area (Å²) in [5.74, 6) is -1.24. The molecule has 9 heteroatoms. The number of phenolic OH excluding ortho intramolecular Hbond substituents is 1. The minimum absolute atomic E-state index is 0.00881. The Labute approximate surface area is 206 Å². The molecule has 35 heavy (non-hydrogen) atoms. The zero-order valence-corrected chi connectivity index (χ0v) is 19.4. The van der Waals surface area contributed by atoms with Crippen molar-refractivity contribution in [3.63, 3.8) is 0 Å². The molecule has 2 N–H and O–H groups in total. The van der Waals surface area contributed by atoms with E-state index in [1.165, 1.54) is 18.2 Å². The number of rotatable bonds is 7. The number of hydrogen-bond donors (Lipinski definition) is 2. The third-order valence-electron chi connectivity index (χ3n) is 5.11. The highest BCUT2D eigenvalue weighted by Gasteiger charge is 2.36. The van der Waals surface area contributed by atoms with Crippen molar-refractivity contribution < 1.29 is 29.0 Å². The summed E-state index contributed by atoms with van der Waals surface area (Å²) in [6.45, 7) is 2.37. The SMILES string of the molecule is CCOc1cc(/C=C2\C(=O)NC(=O)N(c3ccc(OCc4ccccc4)cc3)C2=O)cc(Cl)c1O. The molecule has 0 saturated carbocycles. The minimum Gasteiger partial charge on any atom is -0.503 e. The second-order valence-electron chi connectivity index (χ2n) is 7.51. The van der Waals surface area contributed by atoms with Gasteiger partial charge < -0.3 is 14.6 Å². The first-order chi connectivity index (χ1) is 16.9. The van der Waals surface area contributed by atoms with Gasteiger partial charge in [-0.2, -0.15) is 0 Å². The molecule has 8 nitrogen and oxygen atoms in total. The maximum Gasteiger partial charge on any atom is 0.335 e. The number of phenols is 1. The van der Waals surface area contributed by atoms with Gasteiger partial charge in [-0.1, -0.05) is 41.9 Å². The average Bonchev–Trinajstić information content (AvgIpc) is 2.85. The van der Waals surface area contributed by atoms with Crippen molar-refractivity contribution in [2.45, 2.75) is 13.5 Å². The van der Waals surface area contributed by atoms with Crippen LogP contribution in [0, 0.1) is 0 Å². The molecule has 0 atom stereocenters. The molecule has 0 unspecified atom stereocenters. The summed E-state index contributed by atoms with van der Waals surface area (Å²) in [6.07, 6.45) is 1.28. The summed E-state index contributed by atoms with van der Waals surface area (Å²) in [6, 6.07) is 17.9. The van der Waals surface area contributed by atoms with Crippen LogP contribution < -0.4 is 19.7 Å². The molecule has 3 aromatic carbocycles. The number of barbiturate groups is 1. The van der Waals surface area contributed by atoms with E-state index < -0.39 is 17.8 Å². The molecule has 1 saturated heterocycles. The Morgan fingerprint density at radius 1 is 1.00 bits per heavy atom. The Kier molecular flexibility index (Phi) is 7.03. The van der Waals surface area contributed by atoms with Crippen molar-refractivity contribution in [1.82, 2.24) is 5.32 Å². The van der Waals surface area contributed by atoms with Gasteiger partial charge in [0.1, 0.15) is 17.9 Å². The molecule has 0 aliphatic carbocycles. The van der Waals surface area contributed by atoms with Crippen LogP contribution in [0.3, 0.4) is 0 Å². The fourth-order valence-corrected chi connectivity index (χ4v) is 3.65. The molecule has 0 radical (unpaired) electrons. The smallest absolute Gasteiger partial charge is 0.335 e. The lowest BCUT2D eigenvalue weighted by molar-refractivity contribution is -0.122. The molecule has 4 rings (SSSR count). The van der Waals surface area contributed by atoms with E-state index in [4.69, 9.17) is 21.1 Å². The van der Waals surface area contributed by atoms with Crippen LogP contribution in [0.5, 0.6) is 17.2 Å². The van der Waals surface area contributed by atoms with Gasteiger partial charge in [-0.25, -0.2) is 9.69 Å². The van der Waals surface area contributed by atoms with E-state index in [2.05, 4.69) is 5.32 Å². The lowest BCUT2D eigenvalue weighted by Crippen LogP contribution is -2.54. The maximum atomic E-state index is 13.1. The van der Waals surface area contributed by atoms with Crippen molar-refractivity contribution in [3.8, 4) is 17.2 Å². The monoisotopic (exact) mass is 492 g/mol. The number of benzene rings is 3. The van der Waals surface area contributed by atoms with E-state index >= 15 is 0 Å². The number of amides is 4. The van der Waals surface area contributed by atoms with Gasteiger partial charge in [0.2, 0.25) is 0 Å². The van der Waals surface area contributed by atoms with Gasteiger partial charge in [0, 0.05) is 0 Å². The minimum atomic E-state index is -0.867. The zero-order chi connectivity index (χ0) is 24.9. The molecule has 0 bridgehead atoms. The summed E-state index contributed by atoms with van der Waals surface area (Å²) >= 11 is 6.05. The number of nitrogens with one attached hydrogen (secondary N) is 1. The molecule has 1 aliphatic rings. The fourth-order valence-electron chi connectivity index (χ4n) is 3.43. The second kappa shape index (κ2) is 10.3. The number of carbonyl (C=O) groups is 3. The van der Waals surface area contributed by atoms with Gasteiger partial charge in [0.15, 0.2) is 11.5 Å². The normalized spacial score (nSPS) is 14.7. The Balaban J connectivity index is 1.57. The quantitative estimate of drug-likeness (QED) is 0.366. The summed E-state index contributed by atoms with van der Waals surface area (Å²) < 4.78 is 11.1. The van der Waals surface area contributed by atoms with Crippen LogP contribution in [-0.2, 0) is 16.2 Å². The predicted molar refractivity (Wildman–Crippen MR) is 131 cm³/mol. The van der Waals surface area contributed by atoms with Crippen molar-refractivity contribution >= 4 is 41.2 Å². The fraction of sp³-hybridized carbons (Fsp3) is 0.115. The van der Waals surface area contributed by atoms with E-state index in [1.54, 1.807) is 31.2 Å². The topological polar surface area (TPSA) is 105 Å². The number of ether oxygens (including phenoxy) is 2. The molecule has 0 spiro atoms. The lowest BCUT2D eigenvalue weighted by Gasteiger charge is -2.26. The molecule has 0 aromatic heterocycles. The van der Waals surface area contributed by atoms with Gasteiger partial charge in [0.25, 0.3) is 11.8 Å². The Hall–Kier alpha value is -4.30. The van der Waals surface area contributed by atoms with Crippen LogP contribution in [-0.4, -0.2) is 29.6 Å². The first kappa shape index (κ1) is 23.8. The lowest BCUT2D eigenvalue weighted by atomic mass is 10.1. The van der Waals surface area contributed by atoms with E-state index in [-0.39, 0.29) is 34.4 Å². The molecular weight excluding hydrogens is 472 g/mol. The van der Waals surface area contributed by atoms with Crippen LogP contribution in [0.1, 0.15) is 18.1 Å². The molecule has 3 aromatic rings. The second-order valence-corrected chi connectivity index (χ2v) is 7.92. The average molecular weight is 493 g/mol. The van der Waals surface area contributed by atoms with Gasteiger partial charge >= 0.3 is 6.03 Å². The van der Waals surface area contributed by atoms with Crippen molar-refractivity contribution in [3.05, 3.63) is 88.5 Å². The number of hydrogen-bond acceptors (Lipinski definition) is 6. The van der Waals surface area contributed by atoms with E-state index in [0.717, 1.165) is 10.5 Å². The van der Waals surface area contributed by atoms with Gasteiger partial charge in [-0.3, -0.25) is 14.9 Å². The van der Waals surface area contributed by atoms with E-state index in [9.17, 15) is 19.5 Å². The summed E-state index contributed by atoms with van der Waals surface area (Å²) in [5.41, 5.74) is 1.32. The van der Waals surface area contributed by atoms with Crippen LogP contribution >= 0.6 is 11.6 Å². The third-order valence-corrected chi connectivity index (χ3v) is 5.39. The van der Waals surface area contributed by atoms with Crippen LogP contribution in [0.15, 0.2) is 72.3 Å². The van der Waals surface area contributed by atoms with E-state index in [0.29, 0.717) is 17.9 Å². The summed E-state index contributed by atoms with van der Waals surface area (Å²) in [4.78, 5) is 38.9. The summed E-state index contributed by atoms with van der Waals surface area (Å²) in [7, 11) is 0. The van der Waals surface area contributed by atoms with Crippen LogP contribution in [0.4, 0.5) is 10.5 Å². The number of nitrogens with zero attached hydrogens (tertiary/aromatic N) is 1. The van der Waals surface area contributed by atoms with E-state index in [1.807, 2.05) is 30.3 Å². The van der Waals surface area contributed by atoms with Crippen LogP contribution in [0.25, 0.3) is 6.08 Å². The first-order valence-electron chi connectivity index (χ1n) is 10.7. The molecule has 178 valence electrons. The molecule has 4 amide bonds. The first-order valence-corrected chi connectivity index (χ1v) is 11.1. The van der Waals surface area contributed by atoms with Crippen LogP contribution in [0.2, 0.25) is 5.02 Å². The summed E-state index contributed by atoms with van der Waals surface area (Å²) in [5, 5.41) is 12.2. The predicted octanol–water partition coefficient (Wildman–Crippen LogP) is 4.69. The zero-order valence-electron chi connectivity index (χ0n) is 18.7. The van der Waals surface area contributed by atoms with Crippen molar-refractivity contribution in [2.75, 3.05) is 11.5 Å². The number of imide groups is 2. The standard InChI is InChI=1S/C26H21ClN2O6/c1-2-34-22-14-17(13-21(27)23(22)30)12-20-24(31)28-26(33)29(25(20)32)18-8-10-19(11-9-18)35-15-16-6-4-3-5-7-16/h3-14,30H,2,15H2,1H3,(H,28,31,33)/b20-12+. The highest BCUT2D eigenvalue weighted by atomic mass is 35.5. The van der Waals surface area contributed by atoms with Gasteiger partial charge in [-0.05, 0) is 60.5 Å². The highest BCUT2D eigenvalue weighted by Crippen LogP contribution is 2.36. The van der Waals surface area contributed by atoms with Crippen molar-refractivity contribution in [1.29, 1.82) is 0 Å². The number of halogens is 1. The van der Waals surface area contributed by atoms with Gasteiger partial charge in [-0.15, -0.1) is 0 Å². The Bertz CT molecular complexity index is 1310. The third kappa shape index (κ3) is 5.28. The molecular formula is C26H21ClN2O6. The van der Waals surface area contributed by atoms with Gasteiger partial charge in [0.05, 0.1) is 17.3 Å². The molecule has 1 heterocycles. The van der Waals surface area contributed by atoms with Crippen molar-refractivity contribution in [2.24, 2.45) is 0 Å². The number of aromatic hydroxyl groups is 1. The molecule has 1 fully saturated rings. The number of urea groups is 1. The Morgan fingerprint density at radius 2 is 1.71 bits per heavy atom. The Morgan fingerprint density at radius 3 is 2.40 bits per heavy atom. The number of anilines is 1. The molecule has 1 aliphatic heterocycles.